The van der Waals surface area contributed by atoms with Crippen molar-refractivity contribution in [3.8, 4) is 5.75 Å². The molecule has 0 spiro atoms. The van der Waals surface area contributed by atoms with Crippen LogP contribution in [0.5, 0.6) is 5.75 Å². The maximum atomic E-state index is 13.5. The number of halogens is 2. The summed E-state index contributed by atoms with van der Waals surface area (Å²) in [4.78, 5) is 11.2. The van der Waals surface area contributed by atoms with E-state index in [1.165, 1.54) is 18.2 Å². The van der Waals surface area contributed by atoms with Crippen LogP contribution in [0.2, 0.25) is 0 Å². The average Bonchev–Trinajstić information content (AvgIpc) is 2.66. The highest BCUT2D eigenvalue weighted by molar-refractivity contribution is 6.34. The number of carbonyl (C=O) groups is 1. The molecule has 1 unspecified atom stereocenters. The summed E-state index contributed by atoms with van der Waals surface area (Å²) in [7, 11) is 0. The van der Waals surface area contributed by atoms with Gasteiger partial charge in [-0.3, -0.25) is 0 Å². The number of hydrogen-bond acceptors (Lipinski definition) is 2. The summed E-state index contributed by atoms with van der Waals surface area (Å²) in [5, 5.41) is 9.48. The molecule has 1 aromatic carbocycles. The quantitative estimate of drug-likeness (QED) is 0.841. The third kappa shape index (κ3) is 3.08. The molecule has 0 radical (unpaired) electrons. The predicted molar refractivity (Wildman–Crippen MR) is 87.3 cm³/mol. The van der Waals surface area contributed by atoms with Gasteiger partial charge in [0.1, 0.15) is 17.7 Å². The summed E-state index contributed by atoms with van der Waals surface area (Å²) >= 11 is 6.25. The Morgan fingerprint density at radius 3 is 2.87 bits per heavy atom. The largest absolute Gasteiger partial charge is 0.486 e. The third-order valence-corrected chi connectivity index (χ3v) is 3.99. The second-order valence-electron chi connectivity index (χ2n) is 5.35. The number of carboxylic acid groups (broad SMARTS) is 1. The standard InChI is InChI=1S/C18H14ClFO3/c1-10-7-14(13-4-2-3-12(20)9-16(13)19)15-8-11(18(21)22)5-6-17(15)23-10/h3-10H,2H2,1H3,(H,21,22). The topological polar surface area (TPSA) is 46.5 Å². The molecule has 2 aliphatic rings. The number of ether oxygens (including phenoxy) is 1. The minimum Gasteiger partial charge on any atom is -0.486 e. The maximum absolute atomic E-state index is 13.5. The molecule has 0 bridgehead atoms. The van der Waals surface area contributed by atoms with E-state index in [9.17, 15) is 14.3 Å². The molecule has 0 aromatic heterocycles. The van der Waals surface area contributed by atoms with Gasteiger partial charge >= 0.3 is 5.97 Å². The first-order valence-corrected chi connectivity index (χ1v) is 7.53. The first-order chi connectivity index (χ1) is 11.0. The lowest BCUT2D eigenvalue weighted by Crippen LogP contribution is -2.16. The highest BCUT2D eigenvalue weighted by Crippen LogP contribution is 2.41. The van der Waals surface area contributed by atoms with Gasteiger partial charge in [0, 0.05) is 5.56 Å². The van der Waals surface area contributed by atoms with E-state index in [0.29, 0.717) is 23.3 Å². The molecule has 0 fully saturated rings. The number of hydrogen-bond donors (Lipinski definition) is 1. The van der Waals surface area contributed by atoms with Gasteiger partial charge in [-0.2, -0.15) is 0 Å². The lowest BCUT2D eigenvalue weighted by molar-refractivity contribution is 0.0697. The molecule has 1 aromatic rings. The normalized spacial score (nSPS) is 20.2. The van der Waals surface area contributed by atoms with E-state index >= 15 is 0 Å². The Labute approximate surface area is 138 Å². The highest BCUT2D eigenvalue weighted by atomic mass is 35.5. The molecule has 1 aliphatic heterocycles. The minimum absolute atomic E-state index is 0.159. The van der Waals surface area contributed by atoms with E-state index in [4.69, 9.17) is 16.3 Å². The van der Waals surface area contributed by atoms with Gasteiger partial charge in [-0.1, -0.05) is 17.7 Å². The molecule has 3 rings (SSSR count). The monoisotopic (exact) mass is 332 g/mol. The number of fused-ring (bicyclic) bond motifs is 1. The van der Waals surface area contributed by atoms with Gasteiger partial charge in [-0.15, -0.1) is 0 Å². The zero-order valence-corrected chi connectivity index (χ0v) is 13.1. The summed E-state index contributed by atoms with van der Waals surface area (Å²) in [6.07, 6.45) is 6.61. The lowest BCUT2D eigenvalue weighted by Gasteiger charge is -2.25. The van der Waals surface area contributed by atoms with Crippen molar-refractivity contribution in [1.82, 2.24) is 0 Å². The molecule has 1 atom stereocenters. The Balaban J connectivity index is 2.13. The van der Waals surface area contributed by atoms with Crippen molar-refractivity contribution in [3.05, 3.63) is 70.1 Å². The second kappa shape index (κ2) is 6.05. The average molecular weight is 333 g/mol. The maximum Gasteiger partial charge on any atom is 0.335 e. The fourth-order valence-corrected chi connectivity index (χ4v) is 2.94. The van der Waals surface area contributed by atoms with E-state index in [1.54, 1.807) is 12.1 Å². The van der Waals surface area contributed by atoms with Crippen molar-refractivity contribution in [2.45, 2.75) is 19.4 Å². The van der Waals surface area contributed by atoms with Crippen LogP contribution in [-0.2, 0) is 0 Å². The highest BCUT2D eigenvalue weighted by Gasteiger charge is 2.24. The SMILES string of the molecule is CC1C=C(C2=CCC=C(F)C=C2Cl)c2cc(C(=O)O)ccc2O1. The van der Waals surface area contributed by atoms with E-state index in [-0.39, 0.29) is 22.5 Å². The molecule has 23 heavy (non-hydrogen) atoms. The van der Waals surface area contributed by atoms with Crippen LogP contribution in [-0.4, -0.2) is 17.2 Å². The molecule has 0 saturated heterocycles. The first-order valence-electron chi connectivity index (χ1n) is 7.15. The molecule has 118 valence electrons. The van der Waals surface area contributed by atoms with Crippen LogP contribution in [0.1, 0.15) is 29.3 Å². The summed E-state index contributed by atoms with van der Waals surface area (Å²) < 4.78 is 19.3. The second-order valence-corrected chi connectivity index (χ2v) is 5.76. The molecule has 0 amide bonds. The zero-order valence-electron chi connectivity index (χ0n) is 12.3. The Morgan fingerprint density at radius 1 is 1.35 bits per heavy atom. The van der Waals surface area contributed by atoms with Crippen LogP contribution in [0.25, 0.3) is 5.57 Å². The Kier molecular flexibility index (Phi) is 4.09. The van der Waals surface area contributed by atoms with Crippen molar-refractivity contribution in [3.63, 3.8) is 0 Å². The summed E-state index contributed by atoms with van der Waals surface area (Å²) in [5.74, 6) is -0.820. The van der Waals surface area contributed by atoms with Gasteiger partial charge in [0.25, 0.3) is 0 Å². The number of aromatic carboxylic acids is 1. The number of carboxylic acids is 1. The zero-order chi connectivity index (χ0) is 16.6. The van der Waals surface area contributed by atoms with Gasteiger partial charge in [-0.25, -0.2) is 9.18 Å². The van der Waals surface area contributed by atoms with E-state index < -0.39 is 5.97 Å². The van der Waals surface area contributed by atoms with Crippen molar-refractivity contribution < 1.29 is 19.0 Å². The Morgan fingerprint density at radius 2 is 2.13 bits per heavy atom. The molecule has 1 heterocycles. The number of benzene rings is 1. The number of rotatable bonds is 2. The van der Waals surface area contributed by atoms with Gasteiger partial charge in [0.15, 0.2) is 0 Å². The fourth-order valence-electron chi connectivity index (χ4n) is 2.65. The van der Waals surface area contributed by atoms with Crippen LogP contribution >= 0.6 is 11.6 Å². The third-order valence-electron chi connectivity index (χ3n) is 3.68. The van der Waals surface area contributed by atoms with Crippen molar-refractivity contribution in [2.24, 2.45) is 0 Å². The molecule has 5 heteroatoms. The van der Waals surface area contributed by atoms with Crippen LogP contribution in [0.3, 0.4) is 0 Å². The van der Waals surface area contributed by atoms with Gasteiger partial charge in [0.05, 0.1) is 10.6 Å². The van der Waals surface area contributed by atoms with E-state index in [2.05, 4.69) is 0 Å². The molecule has 1 N–H and O–H groups in total. The minimum atomic E-state index is -1.02. The van der Waals surface area contributed by atoms with Crippen LogP contribution in [0.4, 0.5) is 4.39 Å². The summed E-state index contributed by atoms with van der Waals surface area (Å²) in [6.45, 7) is 1.88. The predicted octanol–water partition coefficient (Wildman–Crippen LogP) is 4.86. The smallest absolute Gasteiger partial charge is 0.335 e. The molecule has 3 nitrogen and oxygen atoms in total. The molecular formula is C18H14ClFO3. The summed E-state index contributed by atoms with van der Waals surface area (Å²) in [6, 6.07) is 4.68. The first kappa shape index (κ1) is 15.6. The van der Waals surface area contributed by atoms with Crippen molar-refractivity contribution >= 4 is 23.1 Å². The van der Waals surface area contributed by atoms with Gasteiger partial charge < -0.3 is 9.84 Å². The van der Waals surface area contributed by atoms with E-state index in [1.807, 2.05) is 19.1 Å². The molecular weight excluding hydrogens is 319 g/mol. The van der Waals surface area contributed by atoms with Crippen LogP contribution < -0.4 is 4.74 Å². The fraction of sp³-hybridized carbons (Fsp3) is 0.167. The lowest BCUT2D eigenvalue weighted by atomic mass is 9.91. The van der Waals surface area contributed by atoms with Gasteiger partial charge in [0.2, 0.25) is 0 Å². The molecule has 0 saturated carbocycles. The van der Waals surface area contributed by atoms with Gasteiger partial charge in [-0.05, 0) is 60.9 Å². The molecule has 1 aliphatic carbocycles. The van der Waals surface area contributed by atoms with Crippen LogP contribution in [0, 0.1) is 0 Å². The van der Waals surface area contributed by atoms with Crippen molar-refractivity contribution in [1.29, 1.82) is 0 Å². The van der Waals surface area contributed by atoms with Crippen LogP contribution in [0.15, 0.2) is 58.9 Å². The summed E-state index contributed by atoms with van der Waals surface area (Å²) in [5.41, 5.74) is 2.23. The Bertz CT molecular complexity index is 802. The Hall–Kier alpha value is -2.33. The van der Waals surface area contributed by atoms with Crippen molar-refractivity contribution in [2.75, 3.05) is 0 Å². The number of allylic oxidation sites excluding steroid dienone is 7. The van der Waals surface area contributed by atoms with E-state index in [0.717, 1.165) is 5.57 Å².